The van der Waals surface area contributed by atoms with Gasteiger partial charge in [0.1, 0.15) is 6.54 Å². The first kappa shape index (κ1) is 35.1. The molecule has 0 spiro atoms. The number of halogens is 4. The van der Waals surface area contributed by atoms with E-state index < -0.39 is 11.9 Å². The highest BCUT2D eigenvalue weighted by atomic mass is 35.5. The van der Waals surface area contributed by atoms with Gasteiger partial charge in [-0.05, 0) is 31.2 Å². The molecule has 49 heavy (non-hydrogen) atoms. The van der Waals surface area contributed by atoms with E-state index in [1.54, 1.807) is 29.2 Å². The van der Waals surface area contributed by atoms with Crippen molar-refractivity contribution >= 4 is 47.0 Å². The lowest BCUT2D eigenvalue weighted by Crippen LogP contribution is -2.52. The molecule has 2 amide bonds. The highest BCUT2D eigenvalue weighted by Crippen LogP contribution is 2.37. The van der Waals surface area contributed by atoms with E-state index in [2.05, 4.69) is 31.0 Å². The van der Waals surface area contributed by atoms with Crippen LogP contribution in [0.3, 0.4) is 0 Å². The molecule has 1 aromatic carbocycles. The summed E-state index contributed by atoms with van der Waals surface area (Å²) in [5, 5.41) is 28.9. The quantitative estimate of drug-likeness (QED) is 0.198. The zero-order valence-corrected chi connectivity index (χ0v) is 26.6. The van der Waals surface area contributed by atoms with E-state index >= 15 is 0 Å². The summed E-state index contributed by atoms with van der Waals surface area (Å²) in [6.07, 6.45) is 1.48. The van der Waals surface area contributed by atoms with Gasteiger partial charge in [-0.2, -0.15) is 23.5 Å². The Labute approximate surface area is 282 Å². The lowest BCUT2D eigenvalue weighted by atomic mass is 10.1. The lowest BCUT2D eigenvalue weighted by molar-refractivity contribution is -0.141. The van der Waals surface area contributed by atoms with Crippen LogP contribution in [0.5, 0.6) is 0 Å². The Morgan fingerprint density at radius 3 is 2.61 bits per heavy atom. The largest absolute Gasteiger partial charge is 0.483 e. The van der Waals surface area contributed by atoms with Crippen LogP contribution < -0.4 is 16.0 Å². The summed E-state index contributed by atoms with van der Waals surface area (Å²) < 4.78 is 43.6. The maximum Gasteiger partial charge on any atom is 0.435 e. The number of nitrogens with zero attached hydrogens (tertiary/aromatic N) is 8. The third-order valence-electron chi connectivity index (χ3n) is 7.88. The van der Waals surface area contributed by atoms with Crippen molar-refractivity contribution in [2.24, 2.45) is 0 Å². The molecule has 4 aromatic rings. The highest BCUT2D eigenvalue weighted by molar-refractivity contribution is 6.34. The van der Waals surface area contributed by atoms with Crippen LogP contribution in [0.25, 0.3) is 16.9 Å². The van der Waals surface area contributed by atoms with Crippen LogP contribution in [0, 0.1) is 11.3 Å². The topological polar surface area (TPSA) is 186 Å². The number of carboxylic acid groups (broad SMARTS) is 1. The summed E-state index contributed by atoms with van der Waals surface area (Å²) >= 11 is 6.54. The van der Waals surface area contributed by atoms with Crippen LogP contribution >= 0.6 is 11.6 Å². The molecule has 2 fully saturated rings. The number of hydrogen-bond donors (Lipinski definition) is 4. The fraction of sp³-hybridized carbons (Fsp3) is 0.367. The second-order valence-corrected chi connectivity index (χ2v) is 11.5. The first-order chi connectivity index (χ1) is 23.5. The van der Waals surface area contributed by atoms with Gasteiger partial charge in [0.2, 0.25) is 5.91 Å². The number of nitriles is 1. The van der Waals surface area contributed by atoms with Crippen LogP contribution in [-0.4, -0.2) is 109 Å². The molecule has 0 aliphatic carbocycles. The summed E-state index contributed by atoms with van der Waals surface area (Å²) in [7, 11) is 0. The van der Waals surface area contributed by atoms with Crippen molar-refractivity contribution < 1.29 is 32.7 Å². The second kappa shape index (κ2) is 15.3. The fourth-order valence-corrected chi connectivity index (χ4v) is 5.88. The Hall–Kier alpha value is -5.25. The Bertz CT molecular complexity index is 1860. The van der Waals surface area contributed by atoms with Gasteiger partial charge in [-0.25, -0.2) is 9.97 Å². The lowest BCUT2D eigenvalue weighted by Gasteiger charge is -2.34. The van der Waals surface area contributed by atoms with Crippen LogP contribution in [0.2, 0.25) is 5.02 Å². The molecule has 0 unspecified atom stereocenters. The first-order valence-corrected chi connectivity index (χ1v) is 15.4. The summed E-state index contributed by atoms with van der Waals surface area (Å²) in [5.41, 5.74) is -0.214. The van der Waals surface area contributed by atoms with Crippen LogP contribution in [0.15, 0.2) is 43.0 Å². The molecule has 6 rings (SSSR count). The number of piperazine rings is 1. The standard InChI is InChI=1S/C29H29ClF3N11O2.CH2O2/c30-22-13-18(1-2-20(22)28(46)42-11-9-41(10-12-42)17-24(45)38-19-3-5-35-14-19)39-26-27-37-15-23(44(27)8-6-36-26)21-16-43(7-4-34)40-25(21)29(31,32)33;2-1-3/h1-2,6,8,13,15-16,19,35H,3,5,7,9-12,14,17H2,(H,36,39)(H,38,45);1H,(H,2,3)/t19-;/m0./s1. The zero-order valence-electron chi connectivity index (χ0n) is 25.8. The smallest absolute Gasteiger partial charge is 0.435 e. The number of nitrogens with one attached hydrogen (secondary N) is 3. The van der Waals surface area contributed by atoms with Gasteiger partial charge in [-0.15, -0.1) is 0 Å². The van der Waals surface area contributed by atoms with Gasteiger partial charge in [0.25, 0.3) is 12.4 Å². The number of fused-ring (bicyclic) bond motifs is 1. The van der Waals surface area contributed by atoms with Crippen molar-refractivity contribution in [3.8, 4) is 17.3 Å². The van der Waals surface area contributed by atoms with Gasteiger partial charge < -0.3 is 26.0 Å². The molecule has 5 heterocycles. The highest BCUT2D eigenvalue weighted by Gasteiger charge is 2.38. The van der Waals surface area contributed by atoms with E-state index in [-0.39, 0.29) is 65.2 Å². The zero-order chi connectivity index (χ0) is 35.1. The van der Waals surface area contributed by atoms with E-state index in [4.69, 9.17) is 26.8 Å². The molecule has 258 valence electrons. The van der Waals surface area contributed by atoms with Gasteiger partial charge >= 0.3 is 6.18 Å². The van der Waals surface area contributed by atoms with E-state index in [1.165, 1.54) is 23.0 Å². The predicted molar refractivity (Wildman–Crippen MR) is 170 cm³/mol. The molecular formula is C30H31ClF3N11O4. The van der Waals surface area contributed by atoms with Crippen molar-refractivity contribution in [1.29, 1.82) is 5.26 Å². The van der Waals surface area contributed by atoms with E-state index in [1.807, 2.05) is 4.90 Å². The second-order valence-electron chi connectivity index (χ2n) is 11.1. The SMILES string of the molecule is N#CCn1cc(-c2cnc3c(Nc4ccc(C(=O)N5CCN(CC(=O)N[C@H]6CCNC6)CC5)c(Cl)c4)nccn23)c(C(F)(F)F)n1.O=CO. The number of hydrogen-bond acceptors (Lipinski definition) is 10. The minimum Gasteiger partial charge on any atom is -0.483 e. The summed E-state index contributed by atoms with van der Waals surface area (Å²) in [6.45, 7) is 3.39. The van der Waals surface area contributed by atoms with Crippen molar-refractivity contribution in [3.63, 3.8) is 0 Å². The molecular weight excluding hydrogens is 671 g/mol. The molecule has 0 bridgehead atoms. The summed E-state index contributed by atoms with van der Waals surface area (Å²) in [5.74, 6) is -0.00595. The monoisotopic (exact) mass is 701 g/mol. The van der Waals surface area contributed by atoms with Crippen LogP contribution in [0.4, 0.5) is 24.7 Å². The molecule has 15 nitrogen and oxygen atoms in total. The molecule has 1 atom stereocenters. The number of benzene rings is 1. The van der Waals surface area contributed by atoms with Crippen molar-refractivity contribution in [3.05, 3.63) is 59.3 Å². The number of carbonyl (C=O) groups is 3. The molecule has 3 aromatic heterocycles. The van der Waals surface area contributed by atoms with Gasteiger partial charge in [0.05, 0.1) is 40.7 Å². The number of aromatic nitrogens is 5. The Balaban J connectivity index is 0.00000151. The van der Waals surface area contributed by atoms with E-state index in [9.17, 15) is 22.8 Å². The van der Waals surface area contributed by atoms with Crippen LogP contribution in [0.1, 0.15) is 22.5 Å². The van der Waals surface area contributed by atoms with Gasteiger partial charge in [-0.3, -0.25) is 28.4 Å². The number of amides is 2. The summed E-state index contributed by atoms with van der Waals surface area (Å²) in [4.78, 5) is 46.3. The average Bonchev–Trinajstić information content (AvgIpc) is 3.82. The maximum absolute atomic E-state index is 13.8. The number of rotatable bonds is 8. The first-order valence-electron chi connectivity index (χ1n) is 15.0. The van der Waals surface area contributed by atoms with Crippen molar-refractivity contribution in [2.75, 3.05) is 51.1 Å². The minimum absolute atomic E-state index is 0.0193. The minimum atomic E-state index is -4.75. The molecule has 2 saturated heterocycles. The van der Waals surface area contributed by atoms with E-state index in [0.29, 0.717) is 37.4 Å². The van der Waals surface area contributed by atoms with Crippen molar-refractivity contribution in [1.82, 2.24) is 44.6 Å². The molecule has 2 aliphatic heterocycles. The number of alkyl halides is 3. The van der Waals surface area contributed by atoms with Gasteiger partial charge in [-0.1, -0.05) is 11.6 Å². The molecule has 0 saturated carbocycles. The summed E-state index contributed by atoms with van der Waals surface area (Å²) in [6, 6.07) is 6.76. The number of imidazole rings is 1. The average molecular weight is 702 g/mol. The molecule has 0 radical (unpaired) electrons. The molecule has 2 aliphatic rings. The Morgan fingerprint density at radius 1 is 1.20 bits per heavy atom. The Kier molecular flexibility index (Phi) is 11.0. The molecule has 19 heteroatoms. The third-order valence-corrected chi connectivity index (χ3v) is 8.19. The Morgan fingerprint density at radius 2 is 1.96 bits per heavy atom. The number of anilines is 2. The predicted octanol–water partition coefficient (Wildman–Crippen LogP) is 2.47. The normalized spacial score (nSPS) is 16.5. The van der Waals surface area contributed by atoms with Gasteiger partial charge in [0, 0.05) is 63.0 Å². The number of carbonyl (C=O) groups excluding carboxylic acids is 2. The third kappa shape index (κ3) is 8.25. The van der Waals surface area contributed by atoms with Crippen LogP contribution in [-0.2, 0) is 22.3 Å². The maximum atomic E-state index is 13.8. The van der Waals surface area contributed by atoms with E-state index in [0.717, 1.165) is 30.4 Å². The fourth-order valence-electron chi connectivity index (χ4n) is 5.62. The van der Waals surface area contributed by atoms with Gasteiger partial charge in [0.15, 0.2) is 17.2 Å². The molecule has 4 N–H and O–H groups in total. The van der Waals surface area contributed by atoms with Crippen molar-refractivity contribution in [2.45, 2.75) is 25.2 Å².